The Morgan fingerprint density at radius 2 is 1.92 bits per heavy atom. The summed E-state index contributed by atoms with van der Waals surface area (Å²) >= 11 is 5.29. The topological polar surface area (TPSA) is 39.9 Å². The highest BCUT2D eigenvalue weighted by Crippen LogP contribution is 2.40. The van der Waals surface area contributed by atoms with Crippen molar-refractivity contribution < 1.29 is 4.74 Å². The van der Waals surface area contributed by atoms with Gasteiger partial charge in [-0.1, -0.05) is 48.2 Å². The van der Waals surface area contributed by atoms with Crippen LogP contribution in [-0.4, -0.2) is 21.9 Å². The maximum absolute atomic E-state index is 5.30. The van der Waals surface area contributed by atoms with Gasteiger partial charge in [-0.05, 0) is 52.0 Å². The molecular weight excluding hydrogens is 410 g/mol. The normalized spacial score (nSPS) is 13.8. The zero-order valence-corrected chi connectivity index (χ0v) is 17.0. The first-order valence-electron chi connectivity index (χ1n) is 8.67. The summed E-state index contributed by atoms with van der Waals surface area (Å²) in [5.74, 6) is 3.41. The number of rotatable bonds is 7. The summed E-state index contributed by atoms with van der Waals surface area (Å²) in [5, 5.41) is 9.97. The molecule has 0 aliphatic heterocycles. The van der Waals surface area contributed by atoms with Crippen molar-refractivity contribution in [2.45, 2.75) is 36.2 Å². The van der Waals surface area contributed by atoms with Gasteiger partial charge in [0.2, 0.25) is 0 Å². The summed E-state index contributed by atoms with van der Waals surface area (Å²) in [6.45, 7) is 0.828. The third-order valence-electron chi connectivity index (χ3n) is 4.46. The molecule has 0 saturated heterocycles. The van der Waals surface area contributed by atoms with E-state index in [0.717, 1.165) is 33.5 Å². The van der Waals surface area contributed by atoms with Crippen LogP contribution in [0.1, 0.15) is 35.7 Å². The van der Waals surface area contributed by atoms with Crippen molar-refractivity contribution in [3.63, 3.8) is 0 Å². The Bertz CT molecular complexity index is 893. The van der Waals surface area contributed by atoms with Gasteiger partial charge in [0.1, 0.15) is 11.6 Å². The van der Waals surface area contributed by atoms with Gasteiger partial charge in [-0.3, -0.25) is 0 Å². The van der Waals surface area contributed by atoms with Gasteiger partial charge in [0.05, 0.1) is 18.1 Å². The lowest BCUT2D eigenvalue weighted by atomic mass is 10.2. The van der Waals surface area contributed by atoms with Gasteiger partial charge in [0, 0.05) is 11.7 Å². The van der Waals surface area contributed by atoms with Crippen molar-refractivity contribution >= 4 is 27.7 Å². The van der Waals surface area contributed by atoms with Crippen LogP contribution in [0.5, 0.6) is 5.75 Å². The molecule has 1 aliphatic carbocycles. The highest BCUT2D eigenvalue weighted by Gasteiger charge is 2.30. The minimum absolute atomic E-state index is 0.579. The molecule has 2 aromatic carbocycles. The molecule has 26 heavy (non-hydrogen) atoms. The average molecular weight is 430 g/mol. The molecule has 6 heteroatoms. The molecule has 1 aromatic heterocycles. The highest BCUT2D eigenvalue weighted by molar-refractivity contribution is 9.10. The zero-order chi connectivity index (χ0) is 17.9. The summed E-state index contributed by atoms with van der Waals surface area (Å²) in [6, 6.07) is 16.7. The maximum atomic E-state index is 5.30. The van der Waals surface area contributed by atoms with Gasteiger partial charge >= 0.3 is 0 Å². The molecule has 3 aromatic rings. The average Bonchev–Trinajstić information content (AvgIpc) is 3.43. The van der Waals surface area contributed by atoms with Gasteiger partial charge in [-0.25, -0.2) is 0 Å². The fourth-order valence-corrected chi connectivity index (χ4v) is 4.39. The third-order valence-corrected chi connectivity index (χ3v) is 6.11. The number of hydrogen-bond donors (Lipinski definition) is 0. The number of thioether (sulfide) groups is 1. The van der Waals surface area contributed by atoms with Gasteiger partial charge in [0.25, 0.3) is 0 Å². The minimum Gasteiger partial charge on any atom is -0.496 e. The largest absolute Gasteiger partial charge is 0.496 e. The Morgan fingerprint density at radius 1 is 1.12 bits per heavy atom. The van der Waals surface area contributed by atoms with Crippen LogP contribution in [-0.2, 0) is 12.3 Å². The minimum atomic E-state index is 0.579. The van der Waals surface area contributed by atoms with E-state index in [9.17, 15) is 0 Å². The number of benzene rings is 2. The number of aromatic nitrogens is 3. The summed E-state index contributed by atoms with van der Waals surface area (Å²) < 4.78 is 8.57. The van der Waals surface area contributed by atoms with Crippen LogP contribution in [0, 0.1) is 0 Å². The molecule has 0 atom stereocenters. The van der Waals surface area contributed by atoms with Gasteiger partial charge < -0.3 is 9.30 Å². The van der Waals surface area contributed by atoms with E-state index in [-0.39, 0.29) is 0 Å². The first kappa shape index (κ1) is 17.6. The van der Waals surface area contributed by atoms with Crippen LogP contribution in [0.2, 0.25) is 0 Å². The second kappa shape index (κ2) is 7.84. The van der Waals surface area contributed by atoms with E-state index in [1.807, 2.05) is 6.07 Å². The van der Waals surface area contributed by atoms with E-state index in [1.165, 1.54) is 24.0 Å². The third kappa shape index (κ3) is 3.96. The summed E-state index contributed by atoms with van der Waals surface area (Å²) in [7, 11) is 1.68. The van der Waals surface area contributed by atoms with E-state index in [0.29, 0.717) is 5.92 Å². The fourth-order valence-electron chi connectivity index (χ4n) is 2.91. The molecule has 134 valence electrons. The molecule has 1 saturated carbocycles. The van der Waals surface area contributed by atoms with Gasteiger partial charge in [-0.2, -0.15) is 0 Å². The zero-order valence-electron chi connectivity index (χ0n) is 14.6. The van der Waals surface area contributed by atoms with Crippen LogP contribution in [0.15, 0.2) is 58.2 Å². The van der Waals surface area contributed by atoms with E-state index in [4.69, 9.17) is 4.74 Å². The Morgan fingerprint density at radius 3 is 2.62 bits per heavy atom. The summed E-state index contributed by atoms with van der Waals surface area (Å²) in [6.07, 6.45) is 2.45. The molecule has 0 bridgehead atoms. The number of methoxy groups -OCH3 is 1. The lowest BCUT2D eigenvalue weighted by molar-refractivity contribution is 0.412. The lowest BCUT2D eigenvalue weighted by Crippen LogP contribution is -2.06. The Balaban J connectivity index is 1.53. The Kier molecular flexibility index (Phi) is 5.31. The standard InChI is InChI=1S/C20H20BrN3OS/c1-25-18-10-7-15(11-17(18)21)13-26-20-23-22-19(16-8-9-16)24(20)12-14-5-3-2-4-6-14/h2-7,10-11,16H,8-9,12-13H2,1H3. The van der Waals surface area contributed by atoms with Gasteiger partial charge in [0.15, 0.2) is 5.16 Å². The maximum Gasteiger partial charge on any atom is 0.191 e. The molecule has 0 unspecified atom stereocenters. The van der Waals surface area contributed by atoms with Gasteiger partial charge in [-0.15, -0.1) is 10.2 Å². The molecule has 1 heterocycles. The number of nitrogens with zero attached hydrogens (tertiary/aromatic N) is 3. The fraction of sp³-hybridized carbons (Fsp3) is 0.300. The number of halogens is 1. The van der Waals surface area contributed by atoms with Crippen molar-refractivity contribution in [2.24, 2.45) is 0 Å². The SMILES string of the molecule is COc1ccc(CSc2nnc(C3CC3)n2Cc2ccccc2)cc1Br. The van der Waals surface area contributed by atoms with Crippen LogP contribution < -0.4 is 4.74 Å². The molecule has 0 N–H and O–H groups in total. The first-order valence-corrected chi connectivity index (χ1v) is 10.4. The number of ether oxygens (including phenoxy) is 1. The molecule has 1 aliphatic rings. The van der Waals surface area contributed by atoms with Crippen molar-refractivity contribution in [3.8, 4) is 5.75 Å². The van der Waals surface area contributed by atoms with Crippen molar-refractivity contribution in [1.82, 2.24) is 14.8 Å². The molecule has 1 fully saturated rings. The van der Waals surface area contributed by atoms with E-state index >= 15 is 0 Å². The van der Waals surface area contributed by atoms with Crippen molar-refractivity contribution in [1.29, 1.82) is 0 Å². The van der Waals surface area contributed by atoms with E-state index in [2.05, 4.69) is 73.2 Å². The molecule has 0 amide bonds. The number of hydrogen-bond acceptors (Lipinski definition) is 4. The van der Waals surface area contributed by atoms with Crippen LogP contribution in [0.25, 0.3) is 0 Å². The van der Waals surface area contributed by atoms with Crippen molar-refractivity contribution in [3.05, 3.63) is 70.0 Å². The second-order valence-corrected chi connectivity index (χ2v) is 8.24. The van der Waals surface area contributed by atoms with Crippen LogP contribution in [0.4, 0.5) is 0 Å². The van der Waals surface area contributed by atoms with Crippen LogP contribution in [0.3, 0.4) is 0 Å². The first-order chi connectivity index (χ1) is 12.7. The predicted octanol–water partition coefficient (Wildman–Crippen LogP) is 5.27. The monoisotopic (exact) mass is 429 g/mol. The van der Waals surface area contributed by atoms with Crippen molar-refractivity contribution in [2.75, 3.05) is 7.11 Å². The summed E-state index contributed by atoms with van der Waals surface area (Å²) in [4.78, 5) is 0. The summed E-state index contributed by atoms with van der Waals surface area (Å²) in [5.41, 5.74) is 2.51. The Labute approximate surface area is 166 Å². The molecular formula is C20H20BrN3OS. The molecule has 0 spiro atoms. The molecule has 4 nitrogen and oxygen atoms in total. The lowest BCUT2D eigenvalue weighted by Gasteiger charge is -2.10. The Hall–Kier alpha value is -1.79. The smallest absolute Gasteiger partial charge is 0.191 e. The van der Waals surface area contributed by atoms with E-state index in [1.54, 1.807) is 18.9 Å². The highest BCUT2D eigenvalue weighted by atomic mass is 79.9. The van der Waals surface area contributed by atoms with E-state index < -0.39 is 0 Å². The molecule has 0 radical (unpaired) electrons. The molecule has 4 rings (SSSR count). The second-order valence-electron chi connectivity index (χ2n) is 6.44. The van der Waals surface area contributed by atoms with Crippen LogP contribution >= 0.6 is 27.7 Å². The quantitative estimate of drug-likeness (QED) is 0.479. The predicted molar refractivity (Wildman–Crippen MR) is 108 cm³/mol.